The molecule has 0 aliphatic carbocycles. The Balaban J connectivity index is 2.09. The summed E-state index contributed by atoms with van der Waals surface area (Å²) in [6.45, 7) is 3.10. The molecule has 0 aliphatic heterocycles. The van der Waals surface area contributed by atoms with Crippen LogP contribution < -0.4 is 15.3 Å². The van der Waals surface area contributed by atoms with E-state index in [9.17, 15) is 36.7 Å². The summed E-state index contributed by atoms with van der Waals surface area (Å²) in [6, 6.07) is 4.53. The third kappa shape index (κ3) is 4.78. The lowest BCUT2D eigenvalue weighted by Gasteiger charge is -2.26. The predicted octanol–water partition coefficient (Wildman–Crippen LogP) is 1.66. The summed E-state index contributed by atoms with van der Waals surface area (Å²) in [7, 11) is -3.80. The number of carbonyl (C=O) groups excluding carboxylic acids is 1. The van der Waals surface area contributed by atoms with E-state index < -0.39 is 56.6 Å². The molecule has 15 heteroatoms. The zero-order valence-corrected chi connectivity index (χ0v) is 18.7. The molecule has 0 radical (unpaired) electrons. The third-order valence-electron chi connectivity index (χ3n) is 4.44. The van der Waals surface area contributed by atoms with Crippen molar-refractivity contribution in [2.45, 2.75) is 19.9 Å². The Morgan fingerprint density at radius 3 is 2.26 bits per heavy atom. The van der Waals surface area contributed by atoms with Crippen LogP contribution in [0.25, 0.3) is 5.69 Å². The Morgan fingerprint density at radius 2 is 1.74 bits per heavy atom. The number of benzene rings is 2. The van der Waals surface area contributed by atoms with Gasteiger partial charge >= 0.3 is 17.7 Å². The molecule has 12 nitrogen and oxygen atoms in total. The summed E-state index contributed by atoms with van der Waals surface area (Å²) in [5.41, 5.74) is -2.82. The normalized spacial score (nSPS) is 11.5. The third-order valence-corrected chi connectivity index (χ3v) is 5.03. The molecule has 2 N–H and O–H groups in total. The van der Waals surface area contributed by atoms with E-state index in [0.717, 1.165) is 41.5 Å². The quantitative estimate of drug-likeness (QED) is 0.488. The Morgan fingerprint density at radius 1 is 1.12 bits per heavy atom. The van der Waals surface area contributed by atoms with Gasteiger partial charge in [0.25, 0.3) is 0 Å². The van der Waals surface area contributed by atoms with Crippen molar-refractivity contribution in [1.29, 1.82) is 0 Å². The van der Waals surface area contributed by atoms with Gasteiger partial charge in [0.1, 0.15) is 5.69 Å². The SMILES string of the molecule is CC(C)N(C(=O)n1nnn(-c2c(F)cccc2F)c1=O)c1ccc(NS(C)(=O)=O)c(C(=O)O)c1. The van der Waals surface area contributed by atoms with Crippen LogP contribution in [0.4, 0.5) is 25.0 Å². The van der Waals surface area contributed by atoms with Gasteiger partial charge in [0.2, 0.25) is 10.0 Å². The van der Waals surface area contributed by atoms with Crippen molar-refractivity contribution in [3.8, 4) is 5.69 Å². The van der Waals surface area contributed by atoms with Crippen LogP contribution in [-0.4, -0.2) is 57.6 Å². The van der Waals surface area contributed by atoms with Gasteiger partial charge < -0.3 is 5.11 Å². The van der Waals surface area contributed by atoms with Crippen molar-refractivity contribution in [2.75, 3.05) is 15.9 Å². The van der Waals surface area contributed by atoms with E-state index in [1.165, 1.54) is 6.07 Å². The number of nitrogens with zero attached hydrogens (tertiary/aromatic N) is 5. The maximum Gasteiger partial charge on any atom is 0.377 e. The highest BCUT2D eigenvalue weighted by atomic mass is 32.2. The molecule has 1 heterocycles. The fraction of sp³-hybridized carbons (Fsp3) is 0.211. The van der Waals surface area contributed by atoms with Crippen LogP contribution in [0.5, 0.6) is 0 Å². The predicted molar refractivity (Wildman–Crippen MR) is 116 cm³/mol. The molecule has 0 spiro atoms. The van der Waals surface area contributed by atoms with Crippen LogP contribution >= 0.6 is 0 Å². The number of amides is 1. The molecule has 0 unspecified atom stereocenters. The van der Waals surface area contributed by atoms with E-state index in [1.807, 2.05) is 0 Å². The molecule has 34 heavy (non-hydrogen) atoms. The smallest absolute Gasteiger partial charge is 0.377 e. The van der Waals surface area contributed by atoms with Crippen LogP contribution in [0.1, 0.15) is 24.2 Å². The lowest BCUT2D eigenvalue weighted by Crippen LogP contribution is -2.44. The topological polar surface area (TPSA) is 156 Å². The Bertz CT molecular complexity index is 1430. The summed E-state index contributed by atoms with van der Waals surface area (Å²) in [5, 5.41) is 16.3. The first kappa shape index (κ1) is 24.5. The minimum Gasteiger partial charge on any atom is -0.478 e. The van der Waals surface area contributed by atoms with Crippen molar-refractivity contribution in [1.82, 2.24) is 19.8 Å². The lowest BCUT2D eigenvalue weighted by atomic mass is 10.1. The number of para-hydroxylation sites is 1. The van der Waals surface area contributed by atoms with Gasteiger partial charge in [-0.1, -0.05) is 6.07 Å². The number of tetrazole rings is 1. The van der Waals surface area contributed by atoms with Crippen LogP contribution in [0.2, 0.25) is 0 Å². The van der Waals surface area contributed by atoms with Gasteiger partial charge in [-0.25, -0.2) is 31.6 Å². The van der Waals surface area contributed by atoms with Crippen molar-refractivity contribution < 1.29 is 31.9 Å². The highest BCUT2D eigenvalue weighted by molar-refractivity contribution is 7.92. The largest absolute Gasteiger partial charge is 0.478 e. The molecule has 0 saturated heterocycles. The minimum absolute atomic E-state index is 0.0185. The number of anilines is 2. The minimum atomic E-state index is -3.80. The standard InChI is InChI=1S/C19H18F2N6O6S/c1-10(2)25(11-7-8-15(22-34(3,32)33)12(9-11)17(28)29)18(30)27-19(31)26(23-24-27)16-13(20)5-4-6-14(16)21/h4-10,22H,1-3H3,(H,28,29). The van der Waals surface area contributed by atoms with E-state index in [2.05, 4.69) is 15.1 Å². The van der Waals surface area contributed by atoms with Gasteiger partial charge in [-0.15, -0.1) is 4.68 Å². The molecule has 0 bridgehead atoms. The molecule has 0 saturated carbocycles. The summed E-state index contributed by atoms with van der Waals surface area (Å²) < 4.78 is 53.8. The number of nitrogens with one attached hydrogen (secondary N) is 1. The summed E-state index contributed by atoms with van der Waals surface area (Å²) in [5.74, 6) is -3.70. The van der Waals surface area contributed by atoms with E-state index >= 15 is 0 Å². The maximum atomic E-state index is 14.1. The summed E-state index contributed by atoms with van der Waals surface area (Å²) >= 11 is 0. The second-order valence-electron chi connectivity index (χ2n) is 7.31. The number of aromatic nitrogens is 4. The van der Waals surface area contributed by atoms with E-state index in [1.54, 1.807) is 13.8 Å². The second kappa shape index (κ2) is 9.01. The maximum absolute atomic E-state index is 14.1. The fourth-order valence-electron chi connectivity index (χ4n) is 3.08. The first-order valence-corrected chi connectivity index (χ1v) is 11.4. The van der Waals surface area contributed by atoms with E-state index in [-0.39, 0.29) is 20.7 Å². The zero-order chi connectivity index (χ0) is 25.4. The van der Waals surface area contributed by atoms with Gasteiger partial charge in [0, 0.05) is 11.7 Å². The van der Waals surface area contributed by atoms with E-state index in [4.69, 9.17) is 0 Å². The first-order chi connectivity index (χ1) is 15.8. The van der Waals surface area contributed by atoms with Gasteiger partial charge in [-0.3, -0.25) is 9.62 Å². The molecule has 0 fully saturated rings. The number of carboxylic acid groups (broad SMARTS) is 1. The molecular formula is C19H18F2N6O6S. The molecule has 1 amide bonds. The van der Waals surface area contributed by atoms with Gasteiger partial charge in [0.05, 0.1) is 17.5 Å². The van der Waals surface area contributed by atoms with Crippen molar-refractivity contribution in [3.05, 3.63) is 64.1 Å². The van der Waals surface area contributed by atoms with Gasteiger partial charge in [-0.05, 0) is 54.6 Å². The number of halogens is 2. The molecule has 3 rings (SSSR count). The molecule has 0 aliphatic rings. The molecule has 2 aromatic carbocycles. The van der Waals surface area contributed by atoms with Gasteiger partial charge in [0.15, 0.2) is 11.6 Å². The van der Waals surface area contributed by atoms with Crippen molar-refractivity contribution in [3.63, 3.8) is 0 Å². The molecule has 180 valence electrons. The monoisotopic (exact) mass is 496 g/mol. The highest BCUT2D eigenvalue weighted by Crippen LogP contribution is 2.26. The van der Waals surface area contributed by atoms with Crippen LogP contribution in [0.3, 0.4) is 0 Å². The Kier molecular flexibility index (Phi) is 6.49. The first-order valence-electron chi connectivity index (χ1n) is 9.50. The Hall–Kier alpha value is -4.14. The molecule has 1 aromatic heterocycles. The van der Waals surface area contributed by atoms with Crippen LogP contribution in [0.15, 0.2) is 41.2 Å². The number of sulfonamides is 1. The number of aromatic carboxylic acids is 1. The number of hydrogen-bond acceptors (Lipinski definition) is 7. The zero-order valence-electron chi connectivity index (χ0n) is 17.9. The highest BCUT2D eigenvalue weighted by Gasteiger charge is 2.28. The summed E-state index contributed by atoms with van der Waals surface area (Å²) in [6.07, 6.45) is 0.838. The number of hydrogen-bond donors (Lipinski definition) is 2. The number of carboxylic acids is 1. The Labute approximate surface area is 191 Å². The van der Waals surface area contributed by atoms with Crippen LogP contribution in [0, 0.1) is 11.6 Å². The van der Waals surface area contributed by atoms with Gasteiger partial charge in [-0.2, -0.15) is 4.68 Å². The molecular weight excluding hydrogens is 478 g/mol. The summed E-state index contributed by atoms with van der Waals surface area (Å²) in [4.78, 5) is 38.5. The average molecular weight is 496 g/mol. The van der Waals surface area contributed by atoms with Crippen LogP contribution in [-0.2, 0) is 10.0 Å². The van der Waals surface area contributed by atoms with E-state index in [0.29, 0.717) is 0 Å². The molecule has 0 atom stereocenters. The average Bonchev–Trinajstić information content (AvgIpc) is 3.08. The number of carbonyl (C=O) groups is 2. The second-order valence-corrected chi connectivity index (χ2v) is 9.06. The lowest BCUT2D eigenvalue weighted by molar-refractivity contribution is 0.0698. The fourth-order valence-corrected chi connectivity index (χ4v) is 3.65. The number of rotatable bonds is 6. The molecule has 3 aromatic rings. The van der Waals surface area contributed by atoms with Crippen molar-refractivity contribution >= 4 is 33.4 Å². The van der Waals surface area contributed by atoms with Crippen molar-refractivity contribution in [2.24, 2.45) is 0 Å².